The SMILES string of the molecule is CN(C)[C@H](CNS(=O)(=O)N1CCCCC1)c1ccco1. The van der Waals surface area contributed by atoms with Gasteiger partial charge in [0.25, 0.3) is 10.2 Å². The van der Waals surface area contributed by atoms with Crippen LogP contribution in [0.5, 0.6) is 0 Å². The summed E-state index contributed by atoms with van der Waals surface area (Å²) in [6, 6.07) is 3.56. The molecule has 7 heteroatoms. The number of hydrogen-bond donors (Lipinski definition) is 1. The Morgan fingerprint density at radius 1 is 1.35 bits per heavy atom. The molecule has 0 amide bonds. The van der Waals surface area contributed by atoms with Crippen molar-refractivity contribution in [2.24, 2.45) is 0 Å². The number of nitrogens with zero attached hydrogens (tertiary/aromatic N) is 2. The van der Waals surface area contributed by atoms with Gasteiger partial charge < -0.3 is 4.42 Å². The molecule has 1 N–H and O–H groups in total. The van der Waals surface area contributed by atoms with Gasteiger partial charge in [0.05, 0.1) is 12.3 Å². The van der Waals surface area contributed by atoms with Gasteiger partial charge in [-0.15, -0.1) is 0 Å². The maximum Gasteiger partial charge on any atom is 0.279 e. The molecule has 114 valence electrons. The maximum absolute atomic E-state index is 12.2. The Morgan fingerprint density at radius 2 is 2.05 bits per heavy atom. The first-order valence-electron chi connectivity index (χ1n) is 6.95. The number of piperidine rings is 1. The van der Waals surface area contributed by atoms with Gasteiger partial charge in [-0.25, -0.2) is 4.72 Å². The van der Waals surface area contributed by atoms with E-state index in [1.165, 1.54) is 4.31 Å². The monoisotopic (exact) mass is 301 g/mol. The van der Waals surface area contributed by atoms with Crippen LogP contribution in [0.3, 0.4) is 0 Å². The van der Waals surface area contributed by atoms with Crippen molar-refractivity contribution in [3.63, 3.8) is 0 Å². The van der Waals surface area contributed by atoms with Gasteiger partial charge in [0.1, 0.15) is 5.76 Å². The Morgan fingerprint density at radius 3 is 2.60 bits per heavy atom. The second-order valence-electron chi connectivity index (χ2n) is 5.31. The highest BCUT2D eigenvalue weighted by Crippen LogP contribution is 2.19. The van der Waals surface area contributed by atoms with E-state index in [4.69, 9.17) is 4.42 Å². The van der Waals surface area contributed by atoms with Gasteiger partial charge in [-0.05, 0) is 39.1 Å². The minimum absolute atomic E-state index is 0.107. The molecule has 1 aliphatic heterocycles. The number of furan rings is 1. The molecule has 0 bridgehead atoms. The van der Waals surface area contributed by atoms with E-state index >= 15 is 0 Å². The zero-order chi connectivity index (χ0) is 14.6. The van der Waals surface area contributed by atoms with Crippen molar-refractivity contribution in [3.8, 4) is 0 Å². The molecule has 0 unspecified atom stereocenters. The van der Waals surface area contributed by atoms with E-state index in [0.717, 1.165) is 25.0 Å². The molecular formula is C13H23N3O3S. The van der Waals surface area contributed by atoms with E-state index in [9.17, 15) is 8.42 Å². The average Bonchev–Trinajstić information content (AvgIpc) is 2.93. The fourth-order valence-corrected chi connectivity index (χ4v) is 3.69. The lowest BCUT2D eigenvalue weighted by Gasteiger charge is -2.28. The average molecular weight is 301 g/mol. The van der Waals surface area contributed by atoms with Crippen LogP contribution in [-0.2, 0) is 10.2 Å². The third-order valence-electron chi connectivity index (χ3n) is 3.61. The molecule has 2 rings (SSSR count). The van der Waals surface area contributed by atoms with Gasteiger partial charge in [0.15, 0.2) is 0 Å². The summed E-state index contributed by atoms with van der Waals surface area (Å²) in [5, 5.41) is 0. The van der Waals surface area contributed by atoms with E-state index in [2.05, 4.69) is 4.72 Å². The molecule has 1 saturated heterocycles. The van der Waals surface area contributed by atoms with Crippen molar-refractivity contribution in [3.05, 3.63) is 24.2 Å². The fourth-order valence-electron chi connectivity index (χ4n) is 2.40. The van der Waals surface area contributed by atoms with Crippen molar-refractivity contribution in [1.82, 2.24) is 13.9 Å². The lowest BCUT2D eigenvalue weighted by molar-refractivity contribution is 0.256. The Bertz CT molecular complexity index is 493. The third-order valence-corrected chi connectivity index (χ3v) is 5.19. The van der Waals surface area contributed by atoms with E-state index in [1.807, 2.05) is 31.1 Å². The first kappa shape index (κ1) is 15.5. The Labute approximate surface area is 120 Å². The Kier molecular flexibility index (Phi) is 5.20. The first-order chi connectivity index (χ1) is 9.50. The van der Waals surface area contributed by atoms with Crippen LogP contribution in [0.2, 0.25) is 0 Å². The highest BCUT2D eigenvalue weighted by Gasteiger charge is 2.26. The molecule has 6 nitrogen and oxygen atoms in total. The van der Waals surface area contributed by atoms with Gasteiger partial charge in [0.2, 0.25) is 0 Å². The van der Waals surface area contributed by atoms with Crippen molar-refractivity contribution in [1.29, 1.82) is 0 Å². The topological polar surface area (TPSA) is 65.8 Å². The molecule has 1 aromatic heterocycles. The predicted octanol–water partition coefficient (Wildman–Crippen LogP) is 1.20. The molecule has 0 radical (unpaired) electrons. The molecule has 2 heterocycles. The van der Waals surface area contributed by atoms with Crippen LogP contribution in [0.4, 0.5) is 0 Å². The van der Waals surface area contributed by atoms with Gasteiger partial charge in [-0.2, -0.15) is 12.7 Å². The van der Waals surface area contributed by atoms with Gasteiger partial charge in [0, 0.05) is 19.6 Å². The van der Waals surface area contributed by atoms with E-state index in [0.29, 0.717) is 19.6 Å². The van der Waals surface area contributed by atoms with Crippen LogP contribution >= 0.6 is 0 Å². The largest absolute Gasteiger partial charge is 0.468 e. The van der Waals surface area contributed by atoms with E-state index in [1.54, 1.807) is 6.26 Å². The van der Waals surface area contributed by atoms with Crippen LogP contribution in [0.25, 0.3) is 0 Å². The number of likely N-dealkylation sites (N-methyl/N-ethyl adjacent to an activating group) is 1. The molecule has 0 saturated carbocycles. The lowest BCUT2D eigenvalue weighted by Crippen LogP contribution is -2.45. The third kappa shape index (κ3) is 3.82. The van der Waals surface area contributed by atoms with Crippen LogP contribution < -0.4 is 4.72 Å². The zero-order valence-corrected chi connectivity index (χ0v) is 12.9. The van der Waals surface area contributed by atoms with Crippen molar-refractivity contribution < 1.29 is 12.8 Å². The van der Waals surface area contributed by atoms with E-state index < -0.39 is 10.2 Å². The standard InChI is InChI=1S/C13H23N3O3S/c1-15(2)12(13-7-6-10-19-13)11-14-20(17,18)16-8-4-3-5-9-16/h6-7,10,12,14H,3-5,8-9,11H2,1-2H3/t12-/m1/s1. The molecule has 1 aliphatic rings. The molecule has 1 atom stereocenters. The van der Waals surface area contributed by atoms with Crippen LogP contribution in [0.1, 0.15) is 31.1 Å². The molecule has 20 heavy (non-hydrogen) atoms. The van der Waals surface area contributed by atoms with Gasteiger partial charge in [-0.3, -0.25) is 4.90 Å². The Balaban J connectivity index is 1.98. The normalized spacial score (nSPS) is 19.4. The highest BCUT2D eigenvalue weighted by atomic mass is 32.2. The lowest BCUT2D eigenvalue weighted by atomic mass is 10.2. The van der Waals surface area contributed by atoms with Crippen molar-refractivity contribution >= 4 is 10.2 Å². The highest BCUT2D eigenvalue weighted by molar-refractivity contribution is 7.87. The Hall–Kier alpha value is -0.890. The van der Waals surface area contributed by atoms with Crippen LogP contribution in [-0.4, -0.2) is 51.4 Å². The minimum Gasteiger partial charge on any atom is -0.468 e. The molecule has 0 aromatic carbocycles. The summed E-state index contributed by atoms with van der Waals surface area (Å²) in [4.78, 5) is 1.94. The summed E-state index contributed by atoms with van der Waals surface area (Å²) in [7, 11) is 0.422. The number of nitrogens with one attached hydrogen (secondary N) is 1. The fraction of sp³-hybridized carbons (Fsp3) is 0.692. The summed E-state index contributed by atoms with van der Waals surface area (Å²) in [5.41, 5.74) is 0. The molecule has 1 aromatic rings. The van der Waals surface area contributed by atoms with Gasteiger partial charge in [-0.1, -0.05) is 6.42 Å². The number of rotatable bonds is 6. The van der Waals surface area contributed by atoms with Gasteiger partial charge >= 0.3 is 0 Å². The van der Waals surface area contributed by atoms with Crippen LogP contribution in [0, 0.1) is 0 Å². The summed E-state index contributed by atoms with van der Waals surface area (Å²) >= 11 is 0. The smallest absolute Gasteiger partial charge is 0.279 e. The quantitative estimate of drug-likeness (QED) is 0.857. The summed E-state index contributed by atoms with van der Waals surface area (Å²) in [6.45, 7) is 1.53. The maximum atomic E-state index is 12.2. The summed E-state index contributed by atoms with van der Waals surface area (Å²) in [6.07, 6.45) is 4.59. The first-order valence-corrected chi connectivity index (χ1v) is 8.39. The second kappa shape index (κ2) is 6.71. The van der Waals surface area contributed by atoms with Crippen molar-refractivity contribution in [2.75, 3.05) is 33.7 Å². The van der Waals surface area contributed by atoms with Crippen LogP contribution in [0.15, 0.2) is 22.8 Å². The molecular weight excluding hydrogens is 278 g/mol. The molecule has 0 aliphatic carbocycles. The number of hydrogen-bond acceptors (Lipinski definition) is 4. The summed E-state index contributed by atoms with van der Waals surface area (Å²) in [5.74, 6) is 0.761. The molecule has 1 fully saturated rings. The van der Waals surface area contributed by atoms with Crippen molar-refractivity contribution in [2.45, 2.75) is 25.3 Å². The minimum atomic E-state index is -3.39. The predicted molar refractivity (Wildman–Crippen MR) is 77.5 cm³/mol. The zero-order valence-electron chi connectivity index (χ0n) is 12.1. The summed E-state index contributed by atoms with van der Waals surface area (Å²) < 4.78 is 34.1. The second-order valence-corrected chi connectivity index (χ2v) is 7.06. The molecule has 0 spiro atoms. The van der Waals surface area contributed by atoms with E-state index in [-0.39, 0.29) is 6.04 Å².